The van der Waals surface area contributed by atoms with Crippen LogP contribution in [0.25, 0.3) is 0 Å². The Bertz CT molecular complexity index is 356. The molecule has 1 aromatic carbocycles. The molecule has 0 aliphatic rings. The number of nitrogens with one attached hydrogen (secondary N) is 1. The van der Waals surface area contributed by atoms with Crippen LogP contribution in [0.5, 0.6) is 0 Å². The molecule has 0 aliphatic carbocycles. The van der Waals surface area contributed by atoms with Crippen LogP contribution < -0.4 is 5.32 Å². The molecule has 0 spiro atoms. The third-order valence-corrected chi connectivity index (χ3v) is 3.07. The van der Waals surface area contributed by atoms with Gasteiger partial charge in [0, 0.05) is 6.04 Å². The summed E-state index contributed by atoms with van der Waals surface area (Å²) in [4.78, 5) is 0. The first-order valence-corrected chi connectivity index (χ1v) is 6.25. The smallest absolute Gasteiger partial charge is 0.315 e. The van der Waals surface area contributed by atoms with E-state index in [4.69, 9.17) is 0 Å². The number of hydrogen-bond donors (Lipinski definition) is 1. The average Bonchev–Trinajstić information content (AvgIpc) is 2.28. The lowest BCUT2D eigenvalue weighted by Crippen LogP contribution is -2.26. The molecule has 0 saturated heterocycles. The van der Waals surface area contributed by atoms with Crippen LogP contribution in [0, 0.1) is 0 Å². The van der Waals surface area contributed by atoms with Crippen LogP contribution >= 0.6 is 0 Å². The molecule has 2 unspecified atom stereocenters. The normalized spacial score (nSPS) is 15.4. The van der Waals surface area contributed by atoms with Crippen LogP contribution in [0.4, 0.5) is 13.2 Å². The predicted octanol–water partition coefficient (Wildman–Crippen LogP) is 4.20. The van der Waals surface area contributed by atoms with E-state index in [1.165, 1.54) is 0 Å². The van der Waals surface area contributed by atoms with Gasteiger partial charge in [-0.2, -0.15) is 13.2 Å². The first-order valence-electron chi connectivity index (χ1n) is 6.25. The van der Waals surface area contributed by atoms with E-state index in [0.29, 0.717) is 6.04 Å². The molecule has 18 heavy (non-hydrogen) atoms. The molecule has 0 radical (unpaired) electrons. The molecule has 0 fully saturated rings. The quantitative estimate of drug-likeness (QED) is 0.835. The van der Waals surface area contributed by atoms with Crippen molar-refractivity contribution in [1.82, 2.24) is 5.32 Å². The van der Waals surface area contributed by atoms with Gasteiger partial charge < -0.3 is 5.32 Å². The van der Waals surface area contributed by atoms with Crippen molar-refractivity contribution in [3.63, 3.8) is 0 Å². The molecule has 0 aromatic heterocycles. The third kappa shape index (κ3) is 4.33. The van der Waals surface area contributed by atoms with Crippen LogP contribution in [-0.2, 0) is 6.18 Å². The fourth-order valence-electron chi connectivity index (χ4n) is 2.10. The van der Waals surface area contributed by atoms with E-state index in [2.05, 4.69) is 12.2 Å². The van der Waals surface area contributed by atoms with Crippen LogP contribution in [0.3, 0.4) is 0 Å². The molecule has 0 amide bonds. The van der Waals surface area contributed by atoms with Crippen molar-refractivity contribution < 1.29 is 13.2 Å². The van der Waals surface area contributed by atoms with Gasteiger partial charge in [0.25, 0.3) is 0 Å². The van der Waals surface area contributed by atoms with Crippen LogP contribution in [0.1, 0.15) is 44.2 Å². The lowest BCUT2D eigenvalue weighted by atomic mass is 9.93. The van der Waals surface area contributed by atoms with Gasteiger partial charge in [-0.1, -0.05) is 26.0 Å². The van der Waals surface area contributed by atoms with Crippen LogP contribution in [0.15, 0.2) is 24.3 Å². The molecular formula is C14H20F3N. The minimum atomic E-state index is -4.25. The molecule has 0 heterocycles. The summed E-state index contributed by atoms with van der Waals surface area (Å²) in [5, 5.41) is 3.30. The lowest BCUT2D eigenvalue weighted by Gasteiger charge is -2.18. The average molecular weight is 259 g/mol. The number of halogens is 3. The Kier molecular flexibility index (Phi) is 5.20. The first-order chi connectivity index (χ1) is 8.34. The highest BCUT2D eigenvalue weighted by molar-refractivity contribution is 5.26. The standard InChI is InChI=1S/C14H20F3N/c1-4-18-11(3)9-10(2)12-5-7-13(8-6-12)14(15,16)17/h5-8,10-11,18H,4,9H2,1-3H3. The highest BCUT2D eigenvalue weighted by Gasteiger charge is 2.30. The Morgan fingerprint density at radius 2 is 1.67 bits per heavy atom. The zero-order valence-electron chi connectivity index (χ0n) is 11.0. The Morgan fingerprint density at radius 1 is 1.11 bits per heavy atom. The minimum absolute atomic E-state index is 0.251. The Hall–Kier alpha value is -1.03. The van der Waals surface area contributed by atoms with Crippen molar-refractivity contribution >= 4 is 0 Å². The summed E-state index contributed by atoms with van der Waals surface area (Å²) in [5.74, 6) is 0.251. The lowest BCUT2D eigenvalue weighted by molar-refractivity contribution is -0.137. The molecule has 102 valence electrons. The fourth-order valence-corrected chi connectivity index (χ4v) is 2.10. The summed E-state index contributed by atoms with van der Waals surface area (Å²) >= 11 is 0. The summed E-state index contributed by atoms with van der Waals surface area (Å²) < 4.78 is 37.3. The zero-order valence-corrected chi connectivity index (χ0v) is 11.0. The maximum atomic E-state index is 12.4. The SMILES string of the molecule is CCNC(C)CC(C)c1ccc(C(F)(F)F)cc1. The second-order valence-electron chi connectivity index (χ2n) is 4.72. The topological polar surface area (TPSA) is 12.0 Å². The van der Waals surface area contributed by atoms with Gasteiger partial charge in [0.2, 0.25) is 0 Å². The van der Waals surface area contributed by atoms with E-state index < -0.39 is 11.7 Å². The molecule has 1 N–H and O–H groups in total. The van der Waals surface area contributed by atoms with Gasteiger partial charge in [-0.25, -0.2) is 0 Å². The minimum Gasteiger partial charge on any atom is -0.315 e. The van der Waals surface area contributed by atoms with Gasteiger partial charge >= 0.3 is 6.18 Å². The van der Waals surface area contributed by atoms with Gasteiger partial charge in [0.05, 0.1) is 5.56 Å². The van der Waals surface area contributed by atoms with Crippen molar-refractivity contribution in [1.29, 1.82) is 0 Å². The van der Waals surface area contributed by atoms with Gasteiger partial charge in [-0.05, 0) is 43.5 Å². The molecule has 4 heteroatoms. The van der Waals surface area contributed by atoms with Gasteiger partial charge in [-0.3, -0.25) is 0 Å². The van der Waals surface area contributed by atoms with Gasteiger partial charge in [0.15, 0.2) is 0 Å². The summed E-state index contributed by atoms with van der Waals surface area (Å²) in [5.41, 5.74) is 0.367. The van der Waals surface area contributed by atoms with Crippen molar-refractivity contribution in [3.8, 4) is 0 Å². The predicted molar refractivity (Wildman–Crippen MR) is 67.6 cm³/mol. The molecule has 0 bridgehead atoms. The molecule has 1 nitrogen and oxygen atoms in total. The molecule has 0 saturated carbocycles. The van der Waals surface area contributed by atoms with Gasteiger partial charge in [-0.15, -0.1) is 0 Å². The van der Waals surface area contributed by atoms with Crippen LogP contribution in [0.2, 0.25) is 0 Å². The highest BCUT2D eigenvalue weighted by atomic mass is 19.4. The van der Waals surface area contributed by atoms with E-state index >= 15 is 0 Å². The van der Waals surface area contributed by atoms with E-state index in [1.807, 2.05) is 13.8 Å². The van der Waals surface area contributed by atoms with E-state index in [9.17, 15) is 13.2 Å². The molecule has 0 aliphatic heterocycles. The van der Waals surface area contributed by atoms with Crippen molar-refractivity contribution in [2.75, 3.05) is 6.54 Å². The first kappa shape index (κ1) is 15.0. The highest BCUT2D eigenvalue weighted by Crippen LogP contribution is 2.30. The summed E-state index contributed by atoms with van der Waals surface area (Å²) in [7, 11) is 0. The molecule has 1 aromatic rings. The third-order valence-electron chi connectivity index (χ3n) is 3.07. The summed E-state index contributed by atoms with van der Waals surface area (Å²) in [6.45, 7) is 7.07. The number of rotatable bonds is 5. The maximum Gasteiger partial charge on any atom is 0.416 e. The number of benzene rings is 1. The number of alkyl halides is 3. The fraction of sp³-hybridized carbons (Fsp3) is 0.571. The van der Waals surface area contributed by atoms with E-state index in [1.54, 1.807) is 12.1 Å². The maximum absolute atomic E-state index is 12.4. The van der Waals surface area contributed by atoms with Crippen molar-refractivity contribution in [2.24, 2.45) is 0 Å². The van der Waals surface area contributed by atoms with Gasteiger partial charge in [0.1, 0.15) is 0 Å². The van der Waals surface area contributed by atoms with Crippen molar-refractivity contribution in [3.05, 3.63) is 35.4 Å². The Morgan fingerprint density at radius 3 is 2.11 bits per heavy atom. The summed E-state index contributed by atoms with van der Waals surface area (Å²) in [6, 6.07) is 5.83. The monoisotopic (exact) mass is 259 g/mol. The van der Waals surface area contributed by atoms with E-state index in [-0.39, 0.29) is 5.92 Å². The second kappa shape index (κ2) is 6.23. The zero-order chi connectivity index (χ0) is 13.8. The summed E-state index contributed by atoms with van der Waals surface area (Å²) in [6.07, 6.45) is -3.34. The largest absolute Gasteiger partial charge is 0.416 e. The molecule has 2 atom stereocenters. The van der Waals surface area contributed by atoms with E-state index in [0.717, 1.165) is 30.7 Å². The molecular weight excluding hydrogens is 239 g/mol. The van der Waals surface area contributed by atoms with Crippen LogP contribution in [-0.4, -0.2) is 12.6 Å². The van der Waals surface area contributed by atoms with Crippen molar-refractivity contribution in [2.45, 2.75) is 45.3 Å². The Labute approximate surface area is 106 Å². The second-order valence-corrected chi connectivity index (χ2v) is 4.72. The molecule has 1 rings (SSSR count). The number of hydrogen-bond acceptors (Lipinski definition) is 1. The Balaban J connectivity index is 2.67.